The van der Waals surface area contributed by atoms with E-state index in [-0.39, 0.29) is 5.91 Å². The summed E-state index contributed by atoms with van der Waals surface area (Å²) in [6, 6.07) is 14.5. The van der Waals surface area contributed by atoms with Crippen LogP contribution in [0, 0.1) is 0 Å². The van der Waals surface area contributed by atoms with Crippen molar-refractivity contribution >= 4 is 22.9 Å². The summed E-state index contributed by atoms with van der Waals surface area (Å²) in [4.78, 5) is 20.8. The lowest BCUT2D eigenvalue weighted by Crippen LogP contribution is -2.11. The van der Waals surface area contributed by atoms with Crippen LogP contribution in [0.25, 0.3) is 11.4 Å². The van der Waals surface area contributed by atoms with E-state index < -0.39 is 6.29 Å². The molecule has 0 bridgehead atoms. The van der Waals surface area contributed by atoms with Gasteiger partial charge in [0.25, 0.3) is 5.91 Å². The van der Waals surface area contributed by atoms with Crippen LogP contribution in [-0.4, -0.2) is 28.1 Å². The number of carbonyl (C=O) groups excluding carboxylic acids is 1. The van der Waals surface area contributed by atoms with Crippen LogP contribution < -0.4 is 10.1 Å². The van der Waals surface area contributed by atoms with Gasteiger partial charge in [0, 0.05) is 42.9 Å². The first-order valence-corrected chi connectivity index (χ1v) is 11.0. The number of H-pyrrole nitrogens is 1. The van der Waals surface area contributed by atoms with E-state index in [0.29, 0.717) is 28.4 Å². The molecule has 1 aromatic carbocycles. The fourth-order valence-corrected chi connectivity index (χ4v) is 4.12. The van der Waals surface area contributed by atoms with Gasteiger partial charge in [0.15, 0.2) is 6.29 Å². The number of methoxy groups -OCH3 is 1. The third kappa shape index (κ3) is 4.88. The highest BCUT2D eigenvalue weighted by Crippen LogP contribution is 2.28. The molecule has 0 radical (unpaired) electrons. The van der Waals surface area contributed by atoms with Crippen molar-refractivity contribution in [1.29, 1.82) is 0 Å². The Labute approximate surface area is 189 Å². The van der Waals surface area contributed by atoms with Crippen LogP contribution in [0.5, 0.6) is 11.5 Å². The number of aliphatic hydroxyl groups is 1. The second-order valence-corrected chi connectivity index (χ2v) is 7.94. The van der Waals surface area contributed by atoms with E-state index >= 15 is 0 Å². The zero-order valence-corrected chi connectivity index (χ0v) is 18.5. The topological polar surface area (TPSA) is 96.5 Å². The third-order valence-electron chi connectivity index (χ3n) is 4.88. The summed E-state index contributed by atoms with van der Waals surface area (Å²) < 4.78 is 10.9. The molecule has 0 spiro atoms. The molecule has 0 aliphatic heterocycles. The number of thiophene rings is 1. The van der Waals surface area contributed by atoms with Gasteiger partial charge in [-0.25, -0.2) is 0 Å². The Balaban J connectivity index is 1.48. The maximum atomic E-state index is 12.6. The first kappa shape index (κ1) is 21.8. The van der Waals surface area contributed by atoms with Crippen LogP contribution in [0.1, 0.15) is 34.0 Å². The summed E-state index contributed by atoms with van der Waals surface area (Å²) in [6.07, 6.45) is 3.13. The number of nitrogens with zero attached hydrogens (tertiary/aromatic N) is 1. The molecule has 1 atom stereocenters. The number of benzene rings is 1. The van der Waals surface area contributed by atoms with Crippen molar-refractivity contribution in [3.8, 4) is 22.9 Å². The molecule has 1 amide bonds. The molecule has 7 nitrogen and oxygen atoms in total. The number of aliphatic hydroxyl groups excluding tert-OH is 1. The van der Waals surface area contributed by atoms with Gasteiger partial charge in [-0.2, -0.15) is 0 Å². The van der Waals surface area contributed by atoms with Crippen molar-refractivity contribution in [2.24, 2.45) is 0 Å². The molecule has 164 valence electrons. The highest BCUT2D eigenvalue weighted by molar-refractivity contribution is 7.12. The molecule has 3 aromatic heterocycles. The number of amides is 1. The monoisotopic (exact) mass is 449 g/mol. The second kappa shape index (κ2) is 9.78. The van der Waals surface area contributed by atoms with Crippen LogP contribution >= 0.6 is 11.3 Å². The van der Waals surface area contributed by atoms with Gasteiger partial charge < -0.3 is 24.9 Å². The summed E-state index contributed by atoms with van der Waals surface area (Å²) in [5.41, 5.74) is 3.68. The van der Waals surface area contributed by atoms with Crippen LogP contribution in [0.2, 0.25) is 0 Å². The number of aromatic amines is 1. The molecule has 3 N–H and O–H groups in total. The van der Waals surface area contributed by atoms with Crippen molar-refractivity contribution in [3.63, 3.8) is 0 Å². The van der Waals surface area contributed by atoms with Crippen LogP contribution in [0.4, 0.5) is 5.69 Å². The number of carbonyl (C=O) groups is 1. The second-order valence-electron chi connectivity index (χ2n) is 7.02. The molecule has 4 rings (SSSR count). The normalized spacial score (nSPS) is 11.8. The lowest BCUT2D eigenvalue weighted by Gasteiger charge is -2.10. The van der Waals surface area contributed by atoms with Crippen LogP contribution in [0.15, 0.2) is 66.3 Å². The fraction of sp³-hybridized carbons (Fsp3) is 0.167. The standard InChI is InChI=1S/C24H23N3O4S/c1-3-15-8-10-32-22(15)23(28)27-17-5-4-6-18(12-17)31-19-7-9-25-21(13-19)20-11-16(14-26-20)24(29)30-2/h4-14,24,26,29H,3H2,1-2H3,(H,27,28). The van der Waals surface area contributed by atoms with Gasteiger partial charge in [-0.05, 0) is 47.7 Å². The highest BCUT2D eigenvalue weighted by atomic mass is 32.1. The predicted octanol–water partition coefficient (Wildman–Crippen LogP) is 5.38. The van der Waals surface area contributed by atoms with Gasteiger partial charge in [0.05, 0.1) is 16.3 Å². The number of nitrogens with one attached hydrogen (secondary N) is 2. The Morgan fingerprint density at radius 3 is 2.88 bits per heavy atom. The largest absolute Gasteiger partial charge is 0.457 e. The summed E-state index contributed by atoms with van der Waals surface area (Å²) in [6.45, 7) is 2.03. The molecule has 3 heterocycles. The van der Waals surface area contributed by atoms with E-state index in [1.54, 1.807) is 36.7 Å². The predicted molar refractivity (Wildman–Crippen MR) is 124 cm³/mol. The molecule has 1 unspecified atom stereocenters. The van der Waals surface area contributed by atoms with Gasteiger partial charge in [-0.15, -0.1) is 11.3 Å². The summed E-state index contributed by atoms with van der Waals surface area (Å²) in [5, 5.41) is 14.7. The van der Waals surface area contributed by atoms with Gasteiger partial charge in [0.2, 0.25) is 0 Å². The van der Waals surface area contributed by atoms with Gasteiger partial charge in [-0.1, -0.05) is 13.0 Å². The lowest BCUT2D eigenvalue weighted by molar-refractivity contribution is -0.0768. The average Bonchev–Trinajstić information content (AvgIpc) is 3.49. The summed E-state index contributed by atoms with van der Waals surface area (Å²) in [5.74, 6) is 1.05. The van der Waals surface area contributed by atoms with E-state index in [0.717, 1.165) is 22.6 Å². The maximum Gasteiger partial charge on any atom is 0.266 e. The number of aryl methyl sites for hydroxylation is 1. The Morgan fingerprint density at radius 1 is 1.22 bits per heavy atom. The van der Waals surface area contributed by atoms with Crippen molar-refractivity contribution < 1.29 is 19.4 Å². The quantitative estimate of drug-likeness (QED) is 0.314. The zero-order valence-electron chi connectivity index (χ0n) is 17.7. The van der Waals surface area contributed by atoms with Crippen LogP contribution in [0.3, 0.4) is 0 Å². The number of hydrogen-bond donors (Lipinski definition) is 3. The number of pyridine rings is 1. The van der Waals surface area contributed by atoms with Crippen molar-refractivity contribution in [2.45, 2.75) is 19.6 Å². The van der Waals surface area contributed by atoms with Gasteiger partial charge in [0.1, 0.15) is 11.5 Å². The molecule has 4 aromatic rings. The molecule has 0 saturated heterocycles. The third-order valence-corrected chi connectivity index (χ3v) is 5.84. The lowest BCUT2D eigenvalue weighted by atomic mass is 10.2. The van der Waals surface area contributed by atoms with Gasteiger partial charge >= 0.3 is 0 Å². The minimum atomic E-state index is -1.00. The Morgan fingerprint density at radius 2 is 2.06 bits per heavy atom. The summed E-state index contributed by atoms with van der Waals surface area (Å²) in [7, 11) is 1.43. The number of hydrogen-bond acceptors (Lipinski definition) is 6. The highest BCUT2D eigenvalue weighted by Gasteiger charge is 2.13. The first-order chi connectivity index (χ1) is 15.6. The molecule has 0 saturated carbocycles. The number of rotatable bonds is 8. The first-order valence-electron chi connectivity index (χ1n) is 10.1. The number of ether oxygens (including phenoxy) is 2. The Bertz CT molecular complexity index is 1220. The SMILES string of the molecule is CCc1ccsc1C(=O)Nc1cccc(Oc2ccnc(-c3cc(C(O)OC)c[nH]3)c2)c1. The van der Waals surface area contributed by atoms with E-state index in [4.69, 9.17) is 9.47 Å². The van der Waals surface area contributed by atoms with Crippen molar-refractivity contribution in [3.05, 3.63) is 82.3 Å². The molecule has 32 heavy (non-hydrogen) atoms. The van der Waals surface area contributed by atoms with Crippen molar-refractivity contribution in [1.82, 2.24) is 9.97 Å². The molecule has 8 heteroatoms. The Hall–Kier alpha value is -3.46. The minimum absolute atomic E-state index is 0.124. The average molecular weight is 450 g/mol. The van der Waals surface area contributed by atoms with E-state index in [1.165, 1.54) is 18.4 Å². The zero-order chi connectivity index (χ0) is 22.5. The fourth-order valence-electron chi connectivity index (χ4n) is 3.23. The number of anilines is 1. The molecule has 0 fully saturated rings. The van der Waals surface area contributed by atoms with E-state index in [9.17, 15) is 9.90 Å². The molecular formula is C24H23N3O4S. The smallest absolute Gasteiger partial charge is 0.266 e. The summed E-state index contributed by atoms with van der Waals surface area (Å²) >= 11 is 1.44. The maximum absolute atomic E-state index is 12.6. The molecule has 0 aliphatic rings. The van der Waals surface area contributed by atoms with Crippen LogP contribution in [-0.2, 0) is 11.2 Å². The number of aromatic nitrogens is 2. The molecule has 0 aliphatic carbocycles. The molecular weight excluding hydrogens is 426 g/mol. The van der Waals surface area contributed by atoms with E-state index in [1.807, 2.05) is 36.6 Å². The van der Waals surface area contributed by atoms with Gasteiger partial charge in [-0.3, -0.25) is 9.78 Å². The van der Waals surface area contributed by atoms with E-state index in [2.05, 4.69) is 15.3 Å². The minimum Gasteiger partial charge on any atom is -0.457 e. The Kier molecular flexibility index (Phi) is 6.65. The van der Waals surface area contributed by atoms with Crippen molar-refractivity contribution in [2.75, 3.05) is 12.4 Å².